The minimum Gasteiger partial charge on any atom is -0.432 e. The minimum absolute atomic E-state index is 0.678. The first-order valence-electron chi connectivity index (χ1n) is 3.95. The molecule has 0 saturated heterocycles. The second-order valence-electron chi connectivity index (χ2n) is 3.04. The van der Waals surface area contributed by atoms with Gasteiger partial charge < -0.3 is 14.2 Å². The molecule has 0 unspecified atom stereocenters. The van der Waals surface area contributed by atoms with Crippen LogP contribution in [0.5, 0.6) is 0 Å². The molecule has 1 aromatic rings. The fraction of sp³-hybridized carbons (Fsp3) is 0.625. The summed E-state index contributed by atoms with van der Waals surface area (Å²) in [5.41, 5.74) is 0. The van der Waals surface area contributed by atoms with Crippen molar-refractivity contribution in [1.29, 1.82) is 0 Å². The van der Waals surface area contributed by atoms with Crippen molar-refractivity contribution in [3.63, 3.8) is 0 Å². The molecule has 0 aliphatic heterocycles. The fourth-order valence-corrected chi connectivity index (χ4v) is 0.850. The van der Waals surface area contributed by atoms with Crippen LogP contribution < -0.4 is 4.90 Å². The van der Waals surface area contributed by atoms with Gasteiger partial charge in [-0.25, -0.2) is 4.98 Å². The Morgan fingerprint density at radius 3 is 2.58 bits per heavy atom. The van der Waals surface area contributed by atoms with E-state index in [9.17, 15) is 0 Å². The Kier molecular flexibility index (Phi) is 3.10. The molecule has 0 aromatic carbocycles. The van der Waals surface area contributed by atoms with Crippen LogP contribution in [0, 0.1) is 0 Å². The van der Waals surface area contributed by atoms with Gasteiger partial charge in [0.2, 0.25) is 0 Å². The van der Waals surface area contributed by atoms with Crippen LogP contribution in [-0.4, -0.2) is 44.1 Å². The van der Waals surface area contributed by atoms with E-state index < -0.39 is 0 Å². The number of nitrogens with zero attached hydrogens (tertiary/aromatic N) is 3. The van der Waals surface area contributed by atoms with E-state index in [4.69, 9.17) is 4.42 Å². The molecule has 4 nitrogen and oxygen atoms in total. The summed E-state index contributed by atoms with van der Waals surface area (Å²) in [6.07, 6.45) is 3.24. The van der Waals surface area contributed by atoms with E-state index in [1.807, 2.05) is 26.0 Å². The normalized spacial score (nSPS) is 10.7. The van der Waals surface area contributed by atoms with Gasteiger partial charge in [-0.05, 0) is 14.1 Å². The molecule has 4 heteroatoms. The summed E-state index contributed by atoms with van der Waals surface area (Å²) in [5.74, 6) is 0. The first-order chi connectivity index (χ1) is 5.70. The summed E-state index contributed by atoms with van der Waals surface area (Å²) in [6, 6.07) is 0.678. The van der Waals surface area contributed by atoms with E-state index in [0.717, 1.165) is 13.1 Å². The van der Waals surface area contributed by atoms with Gasteiger partial charge >= 0.3 is 0 Å². The van der Waals surface area contributed by atoms with Gasteiger partial charge in [-0.1, -0.05) is 0 Å². The lowest BCUT2D eigenvalue weighted by Crippen LogP contribution is -2.28. The fourth-order valence-electron chi connectivity index (χ4n) is 0.850. The largest absolute Gasteiger partial charge is 0.432 e. The summed E-state index contributed by atoms with van der Waals surface area (Å²) in [7, 11) is 6.06. The van der Waals surface area contributed by atoms with Crippen molar-refractivity contribution in [2.24, 2.45) is 0 Å². The van der Waals surface area contributed by atoms with Crippen molar-refractivity contribution in [2.45, 2.75) is 0 Å². The highest BCUT2D eigenvalue weighted by Crippen LogP contribution is 2.06. The average molecular weight is 169 g/mol. The minimum atomic E-state index is 0.678. The van der Waals surface area contributed by atoms with Crippen molar-refractivity contribution < 1.29 is 4.42 Å². The van der Waals surface area contributed by atoms with Gasteiger partial charge in [-0.2, -0.15) is 0 Å². The summed E-state index contributed by atoms with van der Waals surface area (Å²) >= 11 is 0. The number of hydrogen-bond donors (Lipinski definition) is 0. The van der Waals surface area contributed by atoms with E-state index in [1.54, 1.807) is 12.5 Å². The molecular weight excluding hydrogens is 154 g/mol. The molecule has 0 radical (unpaired) electrons. The molecule has 0 atom stereocenters. The summed E-state index contributed by atoms with van der Waals surface area (Å²) < 4.78 is 5.12. The van der Waals surface area contributed by atoms with Crippen molar-refractivity contribution in [3.05, 3.63) is 12.5 Å². The van der Waals surface area contributed by atoms with Crippen LogP contribution in [0.1, 0.15) is 0 Å². The first kappa shape index (κ1) is 9.06. The van der Waals surface area contributed by atoms with Gasteiger partial charge in [0.1, 0.15) is 6.26 Å². The molecule has 68 valence electrons. The molecule has 0 amide bonds. The quantitative estimate of drug-likeness (QED) is 0.663. The van der Waals surface area contributed by atoms with Crippen LogP contribution in [0.25, 0.3) is 0 Å². The third-order valence-corrected chi connectivity index (χ3v) is 1.63. The highest BCUT2D eigenvalue weighted by molar-refractivity contribution is 5.22. The van der Waals surface area contributed by atoms with Crippen molar-refractivity contribution in [2.75, 3.05) is 39.1 Å². The van der Waals surface area contributed by atoms with Crippen molar-refractivity contribution in [3.8, 4) is 0 Å². The Balaban J connectivity index is 2.34. The monoisotopic (exact) mass is 169 g/mol. The zero-order chi connectivity index (χ0) is 8.97. The van der Waals surface area contributed by atoms with Crippen LogP contribution >= 0.6 is 0 Å². The number of oxazole rings is 1. The predicted molar refractivity (Wildman–Crippen MR) is 48.3 cm³/mol. The third kappa shape index (κ3) is 2.54. The van der Waals surface area contributed by atoms with Gasteiger partial charge in [0.05, 0.1) is 6.20 Å². The second-order valence-corrected chi connectivity index (χ2v) is 3.04. The first-order valence-corrected chi connectivity index (χ1v) is 3.95. The molecule has 12 heavy (non-hydrogen) atoms. The molecule has 0 bridgehead atoms. The Hall–Kier alpha value is -1.03. The highest BCUT2D eigenvalue weighted by Gasteiger charge is 2.03. The van der Waals surface area contributed by atoms with Crippen LogP contribution in [0.4, 0.5) is 6.01 Å². The molecule has 0 fully saturated rings. The molecule has 0 saturated carbocycles. The molecular formula is C8H15N3O. The zero-order valence-electron chi connectivity index (χ0n) is 7.82. The Labute approximate surface area is 72.8 Å². The van der Waals surface area contributed by atoms with Gasteiger partial charge in [0, 0.05) is 20.1 Å². The molecule has 1 rings (SSSR count). The Morgan fingerprint density at radius 2 is 2.08 bits per heavy atom. The number of anilines is 1. The summed E-state index contributed by atoms with van der Waals surface area (Å²) in [4.78, 5) is 8.15. The molecule has 0 spiro atoms. The molecule has 0 N–H and O–H groups in total. The third-order valence-electron chi connectivity index (χ3n) is 1.63. The van der Waals surface area contributed by atoms with E-state index in [2.05, 4.69) is 9.88 Å². The lowest BCUT2D eigenvalue weighted by atomic mass is 10.5. The summed E-state index contributed by atoms with van der Waals surface area (Å²) in [5, 5.41) is 0. The molecule has 0 aliphatic carbocycles. The average Bonchev–Trinajstić information content (AvgIpc) is 2.51. The van der Waals surface area contributed by atoms with E-state index >= 15 is 0 Å². The molecule has 0 aliphatic rings. The number of rotatable bonds is 4. The molecule has 1 heterocycles. The maximum absolute atomic E-state index is 5.12. The maximum atomic E-state index is 5.12. The van der Waals surface area contributed by atoms with Crippen LogP contribution in [0.3, 0.4) is 0 Å². The van der Waals surface area contributed by atoms with Crippen molar-refractivity contribution >= 4 is 6.01 Å². The van der Waals surface area contributed by atoms with Gasteiger partial charge in [0.15, 0.2) is 0 Å². The smallest absolute Gasteiger partial charge is 0.296 e. The van der Waals surface area contributed by atoms with Gasteiger partial charge in [-0.3, -0.25) is 0 Å². The lowest BCUT2D eigenvalue weighted by Gasteiger charge is -2.17. The van der Waals surface area contributed by atoms with E-state index in [1.165, 1.54) is 0 Å². The SMILES string of the molecule is CN(C)CCN(C)c1ncco1. The van der Waals surface area contributed by atoms with Gasteiger partial charge in [-0.15, -0.1) is 0 Å². The number of likely N-dealkylation sites (N-methyl/N-ethyl adjacent to an activating group) is 2. The second kappa shape index (κ2) is 4.11. The number of hydrogen-bond acceptors (Lipinski definition) is 4. The molecule has 1 aromatic heterocycles. The zero-order valence-corrected chi connectivity index (χ0v) is 7.82. The van der Waals surface area contributed by atoms with E-state index in [-0.39, 0.29) is 0 Å². The predicted octanol–water partition coefficient (Wildman–Crippen LogP) is 0.672. The highest BCUT2D eigenvalue weighted by atomic mass is 16.4. The van der Waals surface area contributed by atoms with Gasteiger partial charge in [0.25, 0.3) is 6.01 Å². The topological polar surface area (TPSA) is 32.5 Å². The maximum Gasteiger partial charge on any atom is 0.296 e. The number of aromatic nitrogens is 1. The Morgan fingerprint density at radius 1 is 1.33 bits per heavy atom. The standard InChI is InChI=1S/C8H15N3O/c1-10(2)5-6-11(3)8-9-4-7-12-8/h4,7H,5-6H2,1-3H3. The lowest BCUT2D eigenvalue weighted by molar-refractivity contribution is 0.410. The van der Waals surface area contributed by atoms with Crippen LogP contribution in [0.2, 0.25) is 0 Å². The van der Waals surface area contributed by atoms with E-state index in [0.29, 0.717) is 6.01 Å². The van der Waals surface area contributed by atoms with Crippen LogP contribution in [-0.2, 0) is 0 Å². The van der Waals surface area contributed by atoms with Crippen molar-refractivity contribution in [1.82, 2.24) is 9.88 Å². The van der Waals surface area contributed by atoms with Crippen LogP contribution in [0.15, 0.2) is 16.9 Å². The Bertz CT molecular complexity index is 208. The summed E-state index contributed by atoms with van der Waals surface area (Å²) in [6.45, 7) is 1.92.